The average molecular weight is 522 g/mol. The fraction of sp³-hybridized carbons (Fsp3) is 0. The molecule has 3 aromatic rings. The number of benzene rings is 2. The summed E-state index contributed by atoms with van der Waals surface area (Å²) in [6.45, 7) is 0. The summed E-state index contributed by atoms with van der Waals surface area (Å²) in [6.07, 6.45) is 1.38. The number of halogens is 3. The maximum Gasteiger partial charge on any atom is 0.270 e. The number of amides is 2. The summed E-state index contributed by atoms with van der Waals surface area (Å²) in [5, 5.41) is 3.38. The summed E-state index contributed by atoms with van der Waals surface area (Å²) in [4.78, 5) is 26.7. The van der Waals surface area contributed by atoms with Crippen LogP contribution in [0.3, 0.4) is 0 Å². The zero-order valence-corrected chi connectivity index (χ0v) is 18.9. The first-order valence-corrected chi connectivity index (χ1v) is 10.5. The zero-order valence-electron chi connectivity index (χ0n) is 15.0. The lowest BCUT2D eigenvalue weighted by atomic mass is 10.1. The molecule has 2 aromatic carbocycles. The van der Waals surface area contributed by atoms with Crippen molar-refractivity contribution < 1.29 is 14.0 Å². The Morgan fingerprint density at radius 2 is 1.73 bits per heavy atom. The van der Waals surface area contributed by atoms with Crippen LogP contribution in [0.25, 0.3) is 17.4 Å². The molecule has 150 valence electrons. The third-order valence-electron chi connectivity index (χ3n) is 4.30. The number of hydrogen-bond acceptors (Lipinski definition) is 4. The number of anilines is 1. The van der Waals surface area contributed by atoms with E-state index in [1.165, 1.54) is 11.0 Å². The van der Waals surface area contributed by atoms with Crippen molar-refractivity contribution >= 4 is 80.0 Å². The van der Waals surface area contributed by atoms with Gasteiger partial charge in [0.2, 0.25) is 0 Å². The summed E-state index contributed by atoms with van der Waals surface area (Å²) < 4.78 is 6.63. The molecule has 1 aromatic heterocycles. The third kappa shape index (κ3) is 4.06. The van der Waals surface area contributed by atoms with Gasteiger partial charge in [0.05, 0.1) is 15.7 Å². The highest BCUT2D eigenvalue weighted by molar-refractivity contribution is 9.10. The lowest BCUT2D eigenvalue weighted by Gasteiger charge is -2.28. The van der Waals surface area contributed by atoms with E-state index in [-0.39, 0.29) is 10.7 Å². The topological polar surface area (TPSA) is 62.6 Å². The smallest absolute Gasteiger partial charge is 0.270 e. The lowest BCUT2D eigenvalue weighted by molar-refractivity contribution is -0.122. The second-order valence-electron chi connectivity index (χ2n) is 6.27. The highest BCUT2D eigenvalue weighted by Gasteiger charge is 2.34. The Morgan fingerprint density at radius 3 is 2.43 bits per heavy atom. The first kappa shape index (κ1) is 20.8. The van der Waals surface area contributed by atoms with Crippen molar-refractivity contribution in [1.82, 2.24) is 5.32 Å². The molecule has 1 N–H and O–H groups in total. The van der Waals surface area contributed by atoms with E-state index in [1.54, 1.807) is 54.6 Å². The Hall–Kier alpha value is -2.45. The summed E-state index contributed by atoms with van der Waals surface area (Å²) in [7, 11) is 0. The molecule has 1 fully saturated rings. The van der Waals surface area contributed by atoms with Gasteiger partial charge in [-0.2, -0.15) is 0 Å². The number of rotatable bonds is 3. The minimum Gasteiger partial charge on any atom is -0.457 e. The highest BCUT2D eigenvalue weighted by atomic mass is 79.9. The Labute approximate surface area is 195 Å². The van der Waals surface area contributed by atoms with Gasteiger partial charge in [0, 0.05) is 10.0 Å². The lowest BCUT2D eigenvalue weighted by Crippen LogP contribution is -2.54. The van der Waals surface area contributed by atoms with Gasteiger partial charge in [0.15, 0.2) is 5.11 Å². The highest BCUT2D eigenvalue weighted by Crippen LogP contribution is 2.30. The van der Waals surface area contributed by atoms with Crippen LogP contribution in [0.1, 0.15) is 5.76 Å². The van der Waals surface area contributed by atoms with Gasteiger partial charge < -0.3 is 4.42 Å². The molecule has 2 heterocycles. The van der Waals surface area contributed by atoms with Gasteiger partial charge in [-0.1, -0.05) is 39.1 Å². The van der Waals surface area contributed by atoms with Crippen LogP contribution in [0.4, 0.5) is 5.69 Å². The van der Waals surface area contributed by atoms with Gasteiger partial charge in [-0.25, -0.2) is 0 Å². The predicted molar refractivity (Wildman–Crippen MR) is 125 cm³/mol. The number of nitrogens with zero attached hydrogens (tertiary/aromatic N) is 1. The van der Waals surface area contributed by atoms with Crippen LogP contribution in [0, 0.1) is 0 Å². The largest absolute Gasteiger partial charge is 0.457 e. The second-order valence-corrected chi connectivity index (χ2v) is 8.38. The number of carbonyl (C=O) groups is 2. The molecule has 0 saturated carbocycles. The van der Waals surface area contributed by atoms with Gasteiger partial charge in [-0.15, -0.1) is 0 Å². The normalized spacial score (nSPS) is 15.6. The minimum atomic E-state index is -0.592. The molecule has 30 heavy (non-hydrogen) atoms. The number of hydrogen-bond donors (Lipinski definition) is 1. The van der Waals surface area contributed by atoms with Crippen molar-refractivity contribution in [3.8, 4) is 11.3 Å². The van der Waals surface area contributed by atoms with E-state index in [0.717, 1.165) is 4.47 Å². The van der Waals surface area contributed by atoms with Crippen LogP contribution < -0.4 is 10.2 Å². The fourth-order valence-electron chi connectivity index (χ4n) is 2.86. The monoisotopic (exact) mass is 520 g/mol. The summed E-state index contributed by atoms with van der Waals surface area (Å²) >= 11 is 20.5. The van der Waals surface area contributed by atoms with Crippen molar-refractivity contribution in [3.63, 3.8) is 0 Å². The van der Waals surface area contributed by atoms with Gasteiger partial charge >= 0.3 is 0 Å². The molecule has 0 aliphatic carbocycles. The molecule has 0 unspecified atom stereocenters. The molecule has 5 nitrogen and oxygen atoms in total. The van der Waals surface area contributed by atoms with Crippen molar-refractivity contribution in [2.45, 2.75) is 0 Å². The molecular weight excluding hydrogens is 511 g/mol. The van der Waals surface area contributed by atoms with E-state index >= 15 is 0 Å². The van der Waals surface area contributed by atoms with E-state index in [1.807, 2.05) is 0 Å². The van der Waals surface area contributed by atoms with Gasteiger partial charge in [0.25, 0.3) is 11.8 Å². The van der Waals surface area contributed by atoms with Crippen molar-refractivity contribution in [3.05, 3.63) is 80.4 Å². The Kier molecular flexibility index (Phi) is 5.79. The molecule has 1 saturated heterocycles. The van der Waals surface area contributed by atoms with Gasteiger partial charge in [-0.3, -0.25) is 19.8 Å². The Bertz CT molecular complexity index is 1220. The maximum absolute atomic E-state index is 13.0. The molecule has 0 atom stereocenters. The molecule has 1 aliphatic rings. The Balaban J connectivity index is 1.67. The molecule has 9 heteroatoms. The number of furan rings is 1. The quantitative estimate of drug-likeness (QED) is 0.267. The molecule has 0 spiro atoms. The van der Waals surface area contributed by atoms with E-state index in [0.29, 0.717) is 32.8 Å². The fourth-order valence-corrected chi connectivity index (χ4v) is 3.70. The number of thiocarbonyl (C=S) groups is 1. The average Bonchev–Trinajstić information content (AvgIpc) is 3.17. The minimum absolute atomic E-state index is 0.0143. The molecule has 1 aliphatic heterocycles. The van der Waals surface area contributed by atoms with Crippen molar-refractivity contribution in [2.24, 2.45) is 0 Å². The Morgan fingerprint density at radius 1 is 1.00 bits per heavy atom. The molecule has 0 radical (unpaired) electrons. The van der Waals surface area contributed by atoms with E-state index < -0.39 is 11.8 Å². The van der Waals surface area contributed by atoms with Crippen molar-refractivity contribution in [2.75, 3.05) is 4.90 Å². The molecule has 4 rings (SSSR count). The van der Waals surface area contributed by atoms with Crippen LogP contribution in [0.5, 0.6) is 0 Å². The standard InChI is InChI=1S/C21H11BrCl2N2O3S/c22-12-2-4-13(5-3-12)26-20(28)15(19(27)25-21(26)30)10-14-6-8-18(29-14)11-1-7-16(23)17(24)9-11/h1-10H,(H,25,27,30)/b15-10-. The van der Waals surface area contributed by atoms with Crippen LogP contribution in [-0.4, -0.2) is 16.9 Å². The molecule has 0 bridgehead atoms. The maximum atomic E-state index is 13.0. The van der Waals surface area contributed by atoms with Crippen LogP contribution in [-0.2, 0) is 9.59 Å². The third-order valence-corrected chi connectivity index (χ3v) is 5.86. The summed E-state index contributed by atoms with van der Waals surface area (Å²) in [6, 6.07) is 15.5. The number of carbonyl (C=O) groups excluding carboxylic acids is 2. The second kappa shape index (κ2) is 8.35. The van der Waals surface area contributed by atoms with Crippen LogP contribution in [0.2, 0.25) is 10.0 Å². The van der Waals surface area contributed by atoms with E-state index in [2.05, 4.69) is 21.2 Å². The first-order chi connectivity index (χ1) is 14.3. The van der Waals surface area contributed by atoms with Gasteiger partial charge in [-0.05, 0) is 72.9 Å². The van der Waals surface area contributed by atoms with Crippen LogP contribution >= 0.6 is 51.3 Å². The number of nitrogens with one attached hydrogen (secondary N) is 1. The SMILES string of the molecule is O=C1NC(=S)N(c2ccc(Br)cc2)C(=O)/C1=C\c1ccc(-c2ccc(Cl)c(Cl)c2)o1. The molecular formula is C21H11BrCl2N2O3S. The van der Waals surface area contributed by atoms with Gasteiger partial charge in [0.1, 0.15) is 17.1 Å². The van der Waals surface area contributed by atoms with Crippen LogP contribution in [0.15, 0.2) is 69.1 Å². The van der Waals surface area contributed by atoms with Crippen molar-refractivity contribution in [1.29, 1.82) is 0 Å². The first-order valence-electron chi connectivity index (χ1n) is 8.56. The molecule has 2 amide bonds. The summed E-state index contributed by atoms with van der Waals surface area (Å²) in [5.74, 6) is -0.285. The zero-order chi connectivity index (χ0) is 21.4. The van der Waals surface area contributed by atoms with E-state index in [4.69, 9.17) is 39.8 Å². The predicted octanol–water partition coefficient (Wildman–Crippen LogP) is 5.85. The van der Waals surface area contributed by atoms with E-state index in [9.17, 15) is 9.59 Å². The summed E-state index contributed by atoms with van der Waals surface area (Å²) in [5.41, 5.74) is 1.16.